The van der Waals surface area contributed by atoms with Gasteiger partial charge in [-0.15, -0.1) is 11.3 Å². The number of nitrogens with one attached hydrogen (secondary N) is 1. The molecule has 3 rings (SSSR count). The van der Waals surface area contributed by atoms with Crippen LogP contribution in [0.1, 0.15) is 26.6 Å². The Hall–Kier alpha value is -2.25. The average molecular weight is 382 g/mol. The number of benzene rings is 1. The van der Waals surface area contributed by atoms with Crippen LogP contribution >= 0.6 is 22.9 Å². The lowest BCUT2D eigenvalue weighted by Crippen LogP contribution is -2.23. The molecule has 2 aromatic heterocycles. The Morgan fingerprint density at radius 2 is 2.04 bits per heavy atom. The molecular formula is C17H14ClF2N3OS. The topological polar surface area (TPSA) is 46.9 Å². The van der Waals surface area contributed by atoms with Crippen LogP contribution in [0.15, 0.2) is 30.3 Å². The summed E-state index contributed by atoms with van der Waals surface area (Å²) in [4.78, 5) is 13.4. The highest BCUT2D eigenvalue weighted by Crippen LogP contribution is 2.23. The Morgan fingerprint density at radius 3 is 2.68 bits per heavy atom. The Balaban J connectivity index is 1.87. The number of halogens is 3. The van der Waals surface area contributed by atoms with Gasteiger partial charge in [-0.3, -0.25) is 4.79 Å². The van der Waals surface area contributed by atoms with E-state index >= 15 is 0 Å². The third-order valence-corrected chi connectivity index (χ3v) is 4.94. The van der Waals surface area contributed by atoms with Crippen LogP contribution in [0.2, 0.25) is 4.34 Å². The molecule has 0 aliphatic carbocycles. The zero-order valence-corrected chi connectivity index (χ0v) is 15.0. The summed E-state index contributed by atoms with van der Waals surface area (Å²) in [5, 5.41) is 7.03. The third kappa shape index (κ3) is 3.57. The first kappa shape index (κ1) is 17.6. The number of aromatic nitrogens is 2. The highest BCUT2D eigenvalue weighted by Gasteiger charge is 2.21. The van der Waals surface area contributed by atoms with Crippen LogP contribution in [-0.2, 0) is 6.54 Å². The van der Waals surface area contributed by atoms with Crippen molar-refractivity contribution in [2.24, 2.45) is 0 Å². The van der Waals surface area contributed by atoms with E-state index in [0.717, 1.165) is 17.0 Å². The van der Waals surface area contributed by atoms with Gasteiger partial charge in [0.15, 0.2) is 5.82 Å². The molecule has 0 saturated carbocycles. The van der Waals surface area contributed by atoms with Gasteiger partial charge in [-0.05, 0) is 38.1 Å². The molecule has 0 radical (unpaired) electrons. The van der Waals surface area contributed by atoms with Gasteiger partial charge in [-0.2, -0.15) is 5.10 Å². The van der Waals surface area contributed by atoms with Crippen molar-refractivity contribution < 1.29 is 13.6 Å². The van der Waals surface area contributed by atoms with Gasteiger partial charge >= 0.3 is 0 Å². The predicted octanol–water partition coefficient (Wildman–Crippen LogP) is 4.41. The molecule has 1 aromatic carbocycles. The van der Waals surface area contributed by atoms with Crippen molar-refractivity contribution in [2.75, 3.05) is 0 Å². The van der Waals surface area contributed by atoms with Crippen molar-refractivity contribution in [1.82, 2.24) is 15.1 Å². The molecule has 0 fully saturated rings. The summed E-state index contributed by atoms with van der Waals surface area (Å²) in [6, 6.07) is 6.82. The van der Waals surface area contributed by atoms with Gasteiger partial charge < -0.3 is 5.32 Å². The molecule has 3 aromatic rings. The number of hydrogen-bond donors (Lipinski definition) is 1. The molecule has 0 atom stereocenters. The monoisotopic (exact) mass is 381 g/mol. The van der Waals surface area contributed by atoms with E-state index in [0.29, 0.717) is 27.8 Å². The first-order valence-corrected chi connectivity index (χ1v) is 8.60. The summed E-state index contributed by atoms with van der Waals surface area (Å²) in [7, 11) is 0. The SMILES string of the molecule is Cc1nn(-c2ccc(F)cc2F)c(C)c1C(=O)NCc1ccc(Cl)s1. The van der Waals surface area contributed by atoms with E-state index in [-0.39, 0.29) is 11.6 Å². The molecule has 0 saturated heterocycles. The zero-order chi connectivity index (χ0) is 18.1. The quantitative estimate of drug-likeness (QED) is 0.727. The zero-order valence-electron chi connectivity index (χ0n) is 13.4. The van der Waals surface area contributed by atoms with Gasteiger partial charge in [0.25, 0.3) is 5.91 Å². The molecule has 130 valence electrons. The van der Waals surface area contributed by atoms with E-state index < -0.39 is 11.6 Å². The number of aryl methyl sites for hydroxylation is 1. The fourth-order valence-corrected chi connectivity index (χ4v) is 3.59. The minimum absolute atomic E-state index is 0.0890. The molecule has 0 bridgehead atoms. The smallest absolute Gasteiger partial charge is 0.255 e. The number of rotatable bonds is 4. The highest BCUT2D eigenvalue weighted by molar-refractivity contribution is 7.16. The van der Waals surface area contributed by atoms with Crippen molar-refractivity contribution in [2.45, 2.75) is 20.4 Å². The van der Waals surface area contributed by atoms with Crippen LogP contribution in [0.4, 0.5) is 8.78 Å². The van der Waals surface area contributed by atoms with Gasteiger partial charge in [-0.25, -0.2) is 13.5 Å². The summed E-state index contributed by atoms with van der Waals surface area (Å²) in [6.45, 7) is 3.67. The molecule has 0 spiro atoms. The van der Waals surface area contributed by atoms with Crippen molar-refractivity contribution in [3.63, 3.8) is 0 Å². The lowest BCUT2D eigenvalue weighted by Gasteiger charge is -2.07. The summed E-state index contributed by atoms with van der Waals surface area (Å²) in [6.07, 6.45) is 0. The number of nitrogens with zero attached hydrogens (tertiary/aromatic N) is 2. The molecule has 0 aliphatic rings. The maximum absolute atomic E-state index is 14.0. The molecule has 8 heteroatoms. The minimum Gasteiger partial charge on any atom is -0.347 e. The first-order valence-electron chi connectivity index (χ1n) is 7.41. The lowest BCUT2D eigenvalue weighted by atomic mass is 10.2. The van der Waals surface area contributed by atoms with Gasteiger partial charge in [0, 0.05) is 10.9 Å². The average Bonchev–Trinajstić information content (AvgIpc) is 3.08. The molecule has 1 amide bonds. The highest BCUT2D eigenvalue weighted by atomic mass is 35.5. The molecule has 4 nitrogen and oxygen atoms in total. The van der Waals surface area contributed by atoms with Crippen LogP contribution in [0.25, 0.3) is 5.69 Å². The second kappa shape index (κ2) is 6.93. The largest absolute Gasteiger partial charge is 0.347 e. The Morgan fingerprint density at radius 1 is 1.28 bits per heavy atom. The number of thiophene rings is 1. The number of hydrogen-bond acceptors (Lipinski definition) is 3. The van der Waals surface area contributed by atoms with Crippen LogP contribution in [0.3, 0.4) is 0 Å². The van der Waals surface area contributed by atoms with E-state index in [2.05, 4.69) is 10.4 Å². The summed E-state index contributed by atoms with van der Waals surface area (Å²) < 4.78 is 29.1. The second-order valence-electron chi connectivity index (χ2n) is 5.44. The van der Waals surface area contributed by atoms with Crippen LogP contribution in [0.5, 0.6) is 0 Å². The molecule has 0 aliphatic heterocycles. The first-order chi connectivity index (χ1) is 11.9. The molecule has 25 heavy (non-hydrogen) atoms. The summed E-state index contributed by atoms with van der Waals surface area (Å²) >= 11 is 7.25. The van der Waals surface area contributed by atoms with Gasteiger partial charge in [-0.1, -0.05) is 11.6 Å². The normalized spacial score (nSPS) is 10.9. The fourth-order valence-electron chi connectivity index (χ4n) is 2.56. The Kier molecular flexibility index (Phi) is 4.87. The second-order valence-corrected chi connectivity index (χ2v) is 7.24. The van der Waals surface area contributed by atoms with E-state index in [9.17, 15) is 13.6 Å². The van der Waals surface area contributed by atoms with Crippen molar-refractivity contribution in [3.05, 3.63) is 68.1 Å². The van der Waals surface area contributed by atoms with Crippen molar-refractivity contribution in [1.29, 1.82) is 0 Å². The molecule has 0 unspecified atom stereocenters. The van der Waals surface area contributed by atoms with E-state index in [1.807, 2.05) is 6.07 Å². The lowest BCUT2D eigenvalue weighted by molar-refractivity contribution is 0.0950. The van der Waals surface area contributed by atoms with Crippen LogP contribution in [-0.4, -0.2) is 15.7 Å². The summed E-state index contributed by atoms with van der Waals surface area (Å²) in [5.74, 6) is -1.73. The van der Waals surface area contributed by atoms with E-state index in [1.165, 1.54) is 22.1 Å². The standard InChI is InChI=1S/C17H14ClF2N3OS/c1-9-16(17(24)21-8-12-4-6-15(18)25-12)10(2)23(22-9)14-5-3-11(19)7-13(14)20/h3-7H,8H2,1-2H3,(H,21,24). The Bertz CT molecular complexity index is 952. The number of amides is 1. The van der Waals surface area contributed by atoms with E-state index in [4.69, 9.17) is 11.6 Å². The van der Waals surface area contributed by atoms with Crippen LogP contribution in [0, 0.1) is 25.5 Å². The molecule has 1 N–H and O–H groups in total. The Labute approximate surface area is 152 Å². The number of carbonyl (C=O) groups excluding carboxylic acids is 1. The van der Waals surface area contributed by atoms with Gasteiger partial charge in [0.05, 0.1) is 27.8 Å². The van der Waals surface area contributed by atoms with Gasteiger partial charge in [0.2, 0.25) is 0 Å². The minimum atomic E-state index is -0.745. The maximum Gasteiger partial charge on any atom is 0.255 e. The van der Waals surface area contributed by atoms with Gasteiger partial charge in [0.1, 0.15) is 11.5 Å². The van der Waals surface area contributed by atoms with Crippen molar-refractivity contribution in [3.8, 4) is 5.69 Å². The molecule has 2 heterocycles. The number of carbonyl (C=O) groups is 1. The van der Waals surface area contributed by atoms with Crippen LogP contribution < -0.4 is 5.32 Å². The maximum atomic E-state index is 14.0. The summed E-state index contributed by atoms with van der Waals surface area (Å²) in [5.41, 5.74) is 1.39. The third-order valence-electron chi connectivity index (χ3n) is 3.71. The van der Waals surface area contributed by atoms with E-state index in [1.54, 1.807) is 19.9 Å². The molecular weight excluding hydrogens is 368 g/mol. The van der Waals surface area contributed by atoms with Crippen molar-refractivity contribution >= 4 is 28.8 Å². The fraction of sp³-hybridized carbons (Fsp3) is 0.176. The predicted molar refractivity (Wildman–Crippen MR) is 93.5 cm³/mol.